The number of aryl methyl sites for hydroxylation is 1. The van der Waals surface area contributed by atoms with E-state index in [-0.39, 0.29) is 16.9 Å². The predicted octanol–water partition coefficient (Wildman–Crippen LogP) is 3.30. The largest absolute Gasteiger partial charge is 0.351 e. The van der Waals surface area contributed by atoms with Crippen molar-refractivity contribution < 1.29 is 9.18 Å². The van der Waals surface area contributed by atoms with E-state index in [1.807, 2.05) is 6.92 Å². The van der Waals surface area contributed by atoms with Crippen LogP contribution < -0.4 is 5.32 Å². The highest BCUT2D eigenvalue weighted by Crippen LogP contribution is 2.18. The molecule has 1 N–H and O–H groups in total. The number of rotatable bonds is 4. The van der Waals surface area contributed by atoms with Crippen LogP contribution in [0.5, 0.6) is 0 Å². The number of nitrogens with one attached hydrogen (secondary N) is 1. The van der Waals surface area contributed by atoms with Crippen LogP contribution in [0, 0.1) is 18.2 Å². The van der Waals surface area contributed by atoms with Crippen LogP contribution in [0.1, 0.15) is 43.1 Å². The highest BCUT2D eigenvalue weighted by molar-refractivity contribution is 5.94. The van der Waals surface area contributed by atoms with E-state index in [0.717, 1.165) is 12.0 Å². The van der Waals surface area contributed by atoms with Crippen LogP contribution in [0.15, 0.2) is 18.2 Å². The minimum Gasteiger partial charge on any atom is -0.351 e. The molecule has 2 nitrogen and oxygen atoms in total. The molecule has 0 aliphatic heterocycles. The molecule has 0 atom stereocenters. The standard InChI is InChI=1S/C14H20FNO/c1-5-14(3,4)9-16-13(17)11-8-10(2)6-7-12(11)15/h6-8H,5,9H2,1-4H3,(H,16,17). The molecule has 94 valence electrons. The summed E-state index contributed by atoms with van der Waals surface area (Å²) in [4.78, 5) is 11.8. The van der Waals surface area contributed by atoms with Crippen molar-refractivity contribution in [3.05, 3.63) is 35.1 Å². The zero-order valence-electron chi connectivity index (χ0n) is 10.9. The molecule has 0 spiro atoms. The van der Waals surface area contributed by atoms with Gasteiger partial charge in [0.05, 0.1) is 5.56 Å². The molecule has 1 aromatic rings. The van der Waals surface area contributed by atoms with Crippen LogP contribution >= 0.6 is 0 Å². The van der Waals surface area contributed by atoms with E-state index in [0.29, 0.717) is 6.54 Å². The van der Waals surface area contributed by atoms with Gasteiger partial charge in [-0.15, -0.1) is 0 Å². The first-order valence-corrected chi connectivity index (χ1v) is 5.90. The molecule has 1 aromatic carbocycles. The summed E-state index contributed by atoms with van der Waals surface area (Å²) in [6, 6.07) is 4.56. The summed E-state index contributed by atoms with van der Waals surface area (Å²) in [6.45, 7) is 8.60. The van der Waals surface area contributed by atoms with Crippen LogP contribution in [0.2, 0.25) is 0 Å². The van der Waals surface area contributed by atoms with Crippen LogP contribution in [0.4, 0.5) is 4.39 Å². The average molecular weight is 237 g/mol. The van der Waals surface area contributed by atoms with Gasteiger partial charge >= 0.3 is 0 Å². The Morgan fingerprint density at radius 1 is 1.41 bits per heavy atom. The van der Waals surface area contributed by atoms with Crippen LogP contribution in [-0.4, -0.2) is 12.5 Å². The Labute approximate surface area is 102 Å². The van der Waals surface area contributed by atoms with Crippen molar-refractivity contribution in [1.29, 1.82) is 0 Å². The quantitative estimate of drug-likeness (QED) is 0.855. The first-order valence-electron chi connectivity index (χ1n) is 5.90. The Kier molecular flexibility index (Phi) is 4.27. The Bertz CT molecular complexity index is 413. The smallest absolute Gasteiger partial charge is 0.254 e. The van der Waals surface area contributed by atoms with Gasteiger partial charge in [0.15, 0.2) is 0 Å². The van der Waals surface area contributed by atoms with Crippen molar-refractivity contribution in [1.82, 2.24) is 5.32 Å². The molecule has 0 saturated carbocycles. The van der Waals surface area contributed by atoms with Gasteiger partial charge in [-0.25, -0.2) is 4.39 Å². The molecule has 1 amide bonds. The number of hydrogen-bond acceptors (Lipinski definition) is 1. The second-order valence-electron chi connectivity index (χ2n) is 5.18. The molecule has 3 heteroatoms. The van der Waals surface area contributed by atoms with E-state index in [9.17, 15) is 9.18 Å². The predicted molar refractivity (Wildman–Crippen MR) is 67.5 cm³/mol. The third-order valence-electron chi connectivity index (χ3n) is 3.05. The summed E-state index contributed by atoms with van der Waals surface area (Å²) < 4.78 is 13.5. The summed E-state index contributed by atoms with van der Waals surface area (Å²) >= 11 is 0. The second-order valence-corrected chi connectivity index (χ2v) is 5.18. The molecule has 17 heavy (non-hydrogen) atoms. The first kappa shape index (κ1) is 13.7. The molecule has 0 heterocycles. The summed E-state index contributed by atoms with van der Waals surface area (Å²) in [5.74, 6) is -0.810. The van der Waals surface area contributed by atoms with E-state index in [4.69, 9.17) is 0 Å². The van der Waals surface area contributed by atoms with Gasteiger partial charge in [0.25, 0.3) is 5.91 Å². The zero-order chi connectivity index (χ0) is 13.1. The van der Waals surface area contributed by atoms with Gasteiger partial charge in [0.1, 0.15) is 5.82 Å². The van der Waals surface area contributed by atoms with Crippen molar-refractivity contribution in [3.8, 4) is 0 Å². The van der Waals surface area contributed by atoms with E-state index in [1.54, 1.807) is 12.1 Å². The first-order chi connectivity index (χ1) is 7.85. The molecule has 0 saturated heterocycles. The molecular weight excluding hydrogens is 217 g/mol. The number of amides is 1. The second kappa shape index (κ2) is 5.30. The van der Waals surface area contributed by atoms with Crippen LogP contribution in [-0.2, 0) is 0 Å². The lowest BCUT2D eigenvalue weighted by Gasteiger charge is -2.22. The molecule has 0 aliphatic carbocycles. The number of benzene rings is 1. The number of halogens is 1. The third kappa shape index (κ3) is 3.84. The highest BCUT2D eigenvalue weighted by Gasteiger charge is 2.18. The number of hydrogen-bond donors (Lipinski definition) is 1. The summed E-state index contributed by atoms with van der Waals surface area (Å²) in [7, 11) is 0. The number of carbonyl (C=O) groups is 1. The molecule has 0 aromatic heterocycles. The van der Waals surface area contributed by atoms with Gasteiger partial charge in [0, 0.05) is 6.54 Å². The van der Waals surface area contributed by atoms with Crippen molar-refractivity contribution in [2.45, 2.75) is 34.1 Å². The lowest BCUT2D eigenvalue weighted by atomic mass is 9.90. The Morgan fingerprint density at radius 2 is 2.06 bits per heavy atom. The van der Waals surface area contributed by atoms with Gasteiger partial charge in [-0.2, -0.15) is 0 Å². The van der Waals surface area contributed by atoms with Gasteiger partial charge in [-0.1, -0.05) is 32.4 Å². The Balaban J connectivity index is 2.74. The Hall–Kier alpha value is -1.38. The summed E-state index contributed by atoms with van der Waals surface area (Å²) in [6.07, 6.45) is 0.962. The van der Waals surface area contributed by atoms with Crippen molar-refractivity contribution in [2.24, 2.45) is 5.41 Å². The minimum atomic E-state index is -0.470. The highest BCUT2D eigenvalue weighted by atomic mass is 19.1. The lowest BCUT2D eigenvalue weighted by molar-refractivity contribution is 0.0931. The summed E-state index contributed by atoms with van der Waals surface area (Å²) in [5, 5.41) is 2.78. The molecule has 0 bridgehead atoms. The molecule has 0 fully saturated rings. The fourth-order valence-corrected chi connectivity index (χ4v) is 1.35. The molecule has 0 unspecified atom stereocenters. The van der Waals surface area contributed by atoms with E-state index >= 15 is 0 Å². The van der Waals surface area contributed by atoms with Gasteiger partial charge in [-0.3, -0.25) is 4.79 Å². The maximum absolute atomic E-state index is 13.5. The molecule has 0 radical (unpaired) electrons. The van der Waals surface area contributed by atoms with Crippen molar-refractivity contribution >= 4 is 5.91 Å². The van der Waals surface area contributed by atoms with E-state index in [2.05, 4.69) is 26.1 Å². The Morgan fingerprint density at radius 3 is 2.65 bits per heavy atom. The number of carbonyl (C=O) groups excluding carboxylic acids is 1. The lowest BCUT2D eigenvalue weighted by Crippen LogP contribution is -2.34. The zero-order valence-corrected chi connectivity index (χ0v) is 10.9. The molecule has 0 aliphatic rings. The maximum Gasteiger partial charge on any atom is 0.254 e. The SMILES string of the molecule is CCC(C)(C)CNC(=O)c1cc(C)ccc1F. The van der Waals surface area contributed by atoms with Crippen LogP contribution in [0.25, 0.3) is 0 Å². The normalized spacial score (nSPS) is 11.4. The topological polar surface area (TPSA) is 29.1 Å². The van der Waals surface area contributed by atoms with Crippen molar-refractivity contribution in [2.75, 3.05) is 6.54 Å². The molecule has 1 rings (SSSR count). The van der Waals surface area contributed by atoms with Gasteiger partial charge < -0.3 is 5.32 Å². The van der Waals surface area contributed by atoms with Crippen molar-refractivity contribution in [3.63, 3.8) is 0 Å². The molecular formula is C14H20FNO. The van der Waals surface area contributed by atoms with Crippen LogP contribution in [0.3, 0.4) is 0 Å². The van der Waals surface area contributed by atoms with E-state index < -0.39 is 5.82 Å². The fraction of sp³-hybridized carbons (Fsp3) is 0.500. The monoisotopic (exact) mass is 237 g/mol. The fourth-order valence-electron chi connectivity index (χ4n) is 1.35. The summed E-state index contributed by atoms with van der Waals surface area (Å²) in [5.41, 5.74) is 1.04. The third-order valence-corrected chi connectivity index (χ3v) is 3.05. The van der Waals surface area contributed by atoms with Gasteiger partial charge in [0.2, 0.25) is 0 Å². The van der Waals surface area contributed by atoms with Gasteiger partial charge in [-0.05, 0) is 30.9 Å². The average Bonchev–Trinajstić information content (AvgIpc) is 2.29. The minimum absolute atomic E-state index is 0.0377. The van der Waals surface area contributed by atoms with E-state index in [1.165, 1.54) is 6.07 Å². The maximum atomic E-state index is 13.5.